The first-order valence-corrected chi connectivity index (χ1v) is 9.31. The first-order valence-electron chi connectivity index (χ1n) is 7.70. The van der Waals surface area contributed by atoms with Crippen molar-refractivity contribution in [2.75, 3.05) is 18.5 Å². The predicted molar refractivity (Wildman–Crippen MR) is 104 cm³/mol. The fraction of sp³-hybridized carbons (Fsp3) is 0.167. The average molecular weight is 435 g/mol. The minimum absolute atomic E-state index is 0.274. The summed E-state index contributed by atoms with van der Waals surface area (Å²) in [6, 6.07) is 12.9. The zero-order valence-corrected chi connectivity index (χ0v) is 16.2. The van der Waals surface area contributed by atoms with E-state index in [1.54, 1.807) is 18.2 Å². The van der Waals surface area contributed by atoms with E-state index in [1.165, 1.54) is 11.3 Å². The highest BCUT2D eigenvalue weighted by Crippen LogP contribution is 2.26. The Morgan fingerprint density at radius 1 is 1.19 bits per heavy atom. The number of hydrogen-bond donors (Lipinski definition) is 1. The molecule has 8 heteroatoms. The van der Waals surface area contributed by atoms with Gasteiger partial charge in [0.2, 0.25) is 0 Å². The van der Waals surface area contributed by atoms with Crippen LogP contribution in [0.3, 0.4) is 0 Å². The third kappa shape index (κ3) is 5.03. The molecule has 0 aliphatic rings. The van der Waals surface area contributed by atoms with Crippen LogP contribution in [0.4, 0.5) is 5.13 Å². The first-order chi connectivity index (χ1) is 12.5. The maximum atomic E-state index is 11.9. The van der Waals surface area contributed by atoms with E-state index < -0.39 is 18.5 Å². The number of anilines is 1. The van der Waals surface area contributed by atoms with Crippen molar-refractivity contribution in [3.8, 4) is 5.75 Å². The molecule has 0 radical (unpaired) electrons. The van der Waals surface area contributed by atoms with Crippen LogP contribution in [0.15, 0.2) is 46.9 Å². The summed E-state index contributed by atoms with van der Waals surface area (Å²) in [4.78, 5) is 27.9. The van der Waals surface area contributed by atoms with Gasteiger partial charge in [0, 0.05) is 4.47 Å². The molecule has 6 nitrogen and oxygen atoms in total. The topological polar surface area (TPSA) is 77.5 Å². The third-order valence-electron chi connectivity index (χ3n) is 3.31. The van der Waals surface area contributed by atoms with Crippen molar-refractivity contribution < 1.29 is 19.1 Å². The number of amides is 1. The van der Waals surface area contributed by atoms with Gasteiger partial charge in [-0.05, 0) is 42.8 Å². The Bertz CT molecular complexity index is 957. The van der Waals surface area contributed by atoms with Crippen molar-refractivity contribution in [3.05, 3.63) is 52.5 Å². The van der Waals surface area contributed by atoms with Crippen LogP contribution < -0.4 is 10.1 Å². The van der Waals surface area contributed by atoms with Crippen LogP contribution in [-0.2, 0) is 14.3 Å². The number of esters is 1. The van der Waals surface area contributed by atoms with Crippen LogP contribution in [0.5, 0.6) is 5.75 Å². The molecule has 2 aromatic carbocycles. The molecule has 0 unspecified atom stereocenters. The molecule has 1 N–H and O–H groups in total. The summed E-state index contributed by atoms with van der Waals surface area (Å²) >= 11 is 4.68. The van der Waals surface area contributed by atoms with E-state index in [4.69, 9.17) is 9.47 Å². The van der Waals surface area contributed by atoms with Gasteiger partial charge in [-0.3, -0.25) is 10.1 Å². The Kier molecular flexibility index (Phi) is 5.85. The molecule has 0 aliphatic heterocycles. The van der Waals surface area contributed by atoms with Crippen molar-refractivity contribution in [1.82, 2.24) is 4.98 Å². The number of benzene rings is 2. The summed E-state index contributed by atoms with van der Waals surface area (Å²) in [5, 5.41) is 3.10. The number of carbonyl (C=O) groups excluding carboxylic acids is 2. The van der Waals surface area contributed by atoms with Gasteiger partial charge < -0.3 is 9.47 Å². The molecule has 3 aromatic rings. The van der Waals surface area contributed by atoms with Crippen LogP contribution in [0.25, 0.3) is 10.2 Å². The minimum atomic E-state index is -0.625. The van der Waals surface area contributed by atoms with Crippen molar-refractivity contribution in [1.29, 1.82) is 0 Å². The largest absolute Gasteiger partial charge is 0.482 e. The molecule has 0 saturated heterocycles. The van der Waals surface area contributed by atoms with E-state index in [0.717, 1.165) is 20.3 Å². The Labute approximate surface area is 162 Å². The molecule has 0 bridgehead atoms. The summed E-state index contributed by atoms with van der Waals surface area (Å²) in [5.41, 5.74) is 1.94. The monoisotopic (exact) mass is 434 g/mol. The molecule has 0 saturated carbocycles. The average Bonchev–Trinajstić information content (AvgIpc) is 2.99. The lowest BCUT2D eigenvalue weighted by Gasteiger charge is -2.07. The number of thiazole rings is 1. The summed E-state index contributed by atoms with van der Waals surface area (Å²) in [5.74, 6) is -0.540. The molecule has 3 rings (SSSR count). The number of hydrogen-bond acceptors (Lipinski definition) is 6. The Morgan fingerprint density at radius 3 is 2.85 bits per heavy atom. The Balaban J connectivity index is 1.46. The second-order valence-corrected chi connectivity index (χ2v) is 7.39. The van der Waals surface area contributed by atoms with Gasteiger partial charge in [0.1, 0.15) is 5.75 Å². The molecular formula is C18H15BrN2O4S. The quantitative estimate of drug-likeness (QED) is 0.594. The zero-order valence-electron chi connectivity index (χ0n) is 13.8. The number of fused-ring (bicyclic) bond motifs is 1. The highest BCUT2D eigenvalue weighted by molar-refractivity contribution is 9.10. The van der Waals surface area contributed by atoms with Gasteiger partial charge in [-0.2, -0.15) is 0 Å². The lowest BCUT2D eigenvalue weighted by Crippen LogP contribution is -2.23. The number of ether oxygens (including phenoxy) is 2. The first kappa shape index (κ1) is 18.3. The Morgan fingerprint density at radius 2 is 2.04 bits per heavy atom. The summed E-state index contributed by atoms with van der Waals surface area (Å²) in [7, 11) is 0. The third-order valence-corrected chi connectivity index (χ3v) is 4.73. The lowest BCUT2D eigenvalue weighted by atomic mass is 10.2. The number of carbonyl (C=O) groups is 2. The lowest BCUT2D eigenvalue weighted by molar-refractivity contribution is -0.149. The minimum Gasteiger partial charge on any atom is -0.482 e. The van der Waals surface area contributed by atoms with E-state index >= 15 is 0 Å². The van der Waals surface area contributed by atoms with Crippen LogP contribution in [-0.4, -0.2) is 30.1 Å². The zero-order chi connectivity index (χ0) is 18.5. The number of nitrogens with zero attached hydrogens (tertiary/aromatic N) is 1. The smallest absolute Gasteiger partial charge is 0.344 e. The van der Waals surface area contributed by atoms with E-state index in [1.807, 2.05) is 31.2 Å². The van der Waals surface area contributed by atoms with Gasteiger partial charge >= 0.3 is 5.97 Å². The molecule has 26 heavy (non-hydrogen) atoms. The van der Waals surface area contributed by atoms with Gasteiger partial charge in [0.25, 0.3) is 5.91 Å². The van der Waals surface area contributed by atoms with Crippen LogP contribution in [0.1, 0.15) is 5.56 Å². The normalized spacial score (nSPS) is 10.5. The summed E-state index contributed by atoms with van der Waals surface area (Å²) in [6.07, 6.45) is 0. The van der Waals surface area contributed by atoms with E-state index in [-0.39, 0.29) is 6.61 Å². The molecule has 134 valence electrons. The van der Waals surface area contributed by atoms with Crippen LogP contribution in [0.2, 0.25) is 0 Å². The van der Waals surface area contributed by atoms with E-state index in [2.05, 4.69) is 26.2 Å². The number of aryl methyl sites for hydroxylation is 1. The van der Waals surface area contributed by atoms with Gasteiger partial charge in [-0.25, -0.2) is 9.78 Å². The van der Waals surface area contributed by atoms with Crippen LogP contribution >= 0.6 is 27.3 Å². The van der Waals surface area contributed by atoms with E-state index in [9.17, 15) is 9.59 Å². The fourth-order valence-corrected chi connectivity index (χ4v) is 3.49. The van der Waals surface area contributed by atoms with Gasteiger partial charge in [-0.15, -0.1) is 0 Å². The van der Waals surface area contributed by atoms with Crippen LogP contribution in [0, 0.1) is 6.92 Å². The van der Waals surface area contributed by atoms with E-state index in [0.29, 0.717) is 10.9 Å². The second-order valence-electron chi connectivity index (χ2n) is 5.45. The standard InChI is InChI=1S/C18H15BrN2O4S/c1-11-5-6-14-15(7-11)26-18(20-14)21-16(22)9-25-17(23)10-24-13-4-2-3-12(19)8-13/h2-8H,9-10H2,1H3,(H,20,21,22). The van der Waals surface area contributed by atoms with Crippen molar-refractivity contribution in [3.63, 3.8) is 0 Å². The molecule has 1 amide bonds. The maximum absolute atomic E-state index is 11.9. The molecule has 0 spiro atoms. The number of rotatable bonds is 6. The molecule has 1 heterocycles. The molecular weight excluding hydrogens is 420 g/mol. The summed E-state index contributed by atoms with van der Waals surface area (Å²) in [6.45, 7) is 1.33. The van der Waals surface area contributed by atoms with Gasteiger partial charge in [-0.1, -0.05) is 39.4 Å². The van der Waals surface area contributed by atoms with Crippen molar-refractivity contribution in [2.45, 2.75) is 6.92 Å². The maximum Gasteiger partial charge on any atom is 0.344 e. The fourth-order valence-electron chi connectivity index (χ4n) is 2.13. The van der Waals surface area contributed by atoms with Gasteiger partial charge in [0.15, 0.2) is 18.3 Å². The number of aromatic nitrogens is 1. The van der Waals surface area contributed by atoms with Crippen molar-refractivity contribution >= 4 is 54.5 Å². The predicted octanol–water partition coefficient (Wildman–Crippen LogP) is 3.93. The van der Waals surface area contributed by atoms with Crippen molar-refractivity contribution in [2.24, 2.45) is 0 Å². The number of nitrogens with one attached hydrogen (secondary N) is 1. The molecule has 0 fully saturated rings. The Hall–Kier alpha value is -2.45. The SMILES string of the molecule is Cc1ccc2nc(NC(=O)COC(=O)COc3cccc(Br)c3)sc2c1. The van der Waals surface area contributed by atoms with Gasteiger partial charge in [0.05, 0.1) is 10.2 Å². The highest BCUT2D eigenvalue weighted by Gasteiger charge is 2.11. The summed E-state index contributed by atoms with van der Waals surface area (Å²) < 4.78 is 12.0. The molecule has 0 atom stereocenters. The highest BCUT2D eigenvalue weighted by atomic mass is 79.9. The number of halogens is 1. The molecule has 0 aliphatic carbocycles. The second kappa shape index (κ2) is 8.29. The molecule has 1 aromatic heterocycles.